The van der Waals surface area contributed by atoms with E-state index in [0.29, 0.717) is 10.6 Å². The van der Waals surface area contributed by atoms with Crippen molar-refractivity contribution in [2.45, 2.75) is 11.8 Å². The molecule has 0 bridgehead atoms. The Labute approximate surface area is 151 Å². The summed E-state index contributed by atoms with van der Waals surface area (Å²) >= 11 is 7.73. The monoisotopic (exact) mass is 353 g/mol. The molecule has 120 valence electrons. The van der Waals surface area contributed by atoms with Gasteiger partial charge in [0.2, 0.25) is 0 Å². The van der Waals surface area contributed by atoms with E-state index in [2.05, 4.69) is 13.2 Å². The molecular formula is C20H16ClNOS. The molecule has 2 aromatic rings. The van der Waals surface area contributed by atoms with Gasteiger partial charge in [0.25, 0.3) is 5.91 Å². The summed E-state index contributed by atoms with van der Waals surface area (Å²) in [7, 11) is 0. The number of rotatable bonds is 3. The van der Waals surface area contributed by atoms with Gasteiger partial charge in [0.05, 0.1) is 11.4 Å². The van der Waals surface area contributed by atoms with Gasteiger partial charge in [0.1, 0.15) is 0 Å². The normalized spacial score (nSPS) is 13.5. The van der Waals surface area contributed by atoms with Gasteiger partial charge in [0.15, 0.2) is 0 Å². The van der Waals surface area contributed by atoms with E-state index in [-0.39, 0.29) is 5.91 Å². The molecule has 3 rings (SSSR count). The van der Waals surface area contributed by atoms with E-state index in [0.717, 1.165) is 26.7 Å². The average molecular weight is 354 g/mol. The summed E-state index contributed by atoms with van der Waals surface area (Å²) in [5, 5.41) is 0.586. The van der Waals surface area contributed by atoms with Gasteiger partial charge in [-0.15, -0.1) is 0 Å². The third kappa shape index (κ3) is 2.81. The highest BCUT2D eigenvalue weighted by atomic mass is 35.5. The molecule has 0 fully saturated rings. The fourth-order valence-corrected chi connectivity index (χ4v) is 3.81. The summed E-state index contributed by atoms with van der Waals surface area (Å²) in [6.45, 7) is 9.67. The zero-order chi connectivity index (χ0) is 17.3. The van der Waals surface area contributed by atoms with E-state index in [1.165, 1.54) is 0 Å². The largest absolute Gasteiger partial charge is 0.275 e. The standard InChI is InChI=1S/C20H16ClNOS/c1-4-16-18(5-2)24-19-11-10-14(21)12-17(19)22(16)20(23)15-9-7-6-8-13(15)3/h4-12H,1-2H2,3H3. The molecule has 4 heteroatoms. The minimum absolute atomic E-state index is 0.105. The third-order valence-corrected chi connectivity index (χ3v) is 5.23. The Hall–Kier alpha value is -2.23. The summed E-state index contributed by atoms with van der Waals surface area (Å²) in [6, 6.07) is 13.1. The molecule has 1 aliphatic heterocycles. The number of allylic oxidation sites excluding steroid dienone is 2. The quantitative estimate of drug-likeness (QED) is 0.676. The summed E-state index contributed by atoms with van der Waals surface area (Å²) < 4.78 is 0. The zero-order valence-corrected chi connectivity index (χ0v) is 14.8. The van der Waals surface area contributed by atoms with Crippen LogP contribution >= 0.6 is 23.4 Å². The molecule has 0 radical (unpaired) electrons. The van der Waals surface area contributed by atoms with Gasteiger partial charge in [-0.05, 0) is 42.8 Å². The smallest absolute Gasteiger partial charge is 0.263 e. The second-order valence-corrected chi connectivity index (χ2v) is 6.85. The van der Waals surface area contributed by atoms with Crippen molar-refractivity contribution in [1.82, 2.24) is 0 Å². The number of amides is 1. The van der Waals surface area contributed by atoms with Crippen molar-refractivity contribution in [3.8, 4) is 0 Å². The Morgan fingerprint density at radius 1 is 1.17 bits per heavy atom. The minimum Gasteiger partial charge on any atom is -0.275 e. The van der Waals surface area contributed by atoms with Crippen LogP contribution in [0.2, 0.25) is 5.02 Å². The molecule has 1 heterocycles. The number of carbonyl (C=O) groups excluding carboxylic acids is 1. The molecular weight excluding hydrogens is 338 g/mol. The number of nitrogens with zero attached hydrogens (tertiary/aromatic N) is 1. The SMILES string of the molecule is C=CC1=C(C=C)N(C(=O)c2ccccc2C)c2cc(Cl)ccc2S1. The first-order valence-corrected chi connectivity index (χ1v) is 8.63. The van der Waals surface area contributed by atoms with Crippen molar-refractivity contribution in [3.05, 3.63) is 94.5 Å². The molecule has 24 heavy (non-hydrogen) atoms. The van der Waals surface area contributed by atoms with Crippen LogP contribution in [-0.2, 0) is 0 Å². The van der Waals surface area contributed by atoms with Gasteiger partial charge >= 0.3 is 0 Å². The maximum Gasteiger partial charge on any atom is 0.263 e. The van der Waals surface area contributed by atoms with E-state index >= 15 is 0 Å². The number of benzene rings is 2. The van der Waals surface area contributed by atoms with Gasteiger partial charge in [-0.3, -0.25) is 9.69 Å². The minimum atomic E-state index is -0.105. The fraction of sp³-hybridized carbons (Fsp3) is 0.0500. The second kappa shape index (κ2) is 6.71. The molecule has 0 aliphatic carbocycles. The molecule has 0 unspecified atom stereocenters. The number of halogens is 1. The van der Waals surface area contributed by atoms with E-state index in [1.807, 2.05) is 49.4 Å². The molecule has 1 aliphatic rings. The number of anilines is 1. The van der Waals surface area contributed by atoms with Crippen LogP contribution in [0.15, 0.2) is 83.3 Å². The van der Waals surface area contributed by atoms with Crippen molar-refractivity contribution >= 4 is 35.0 Å². The van der Waals surface area contributed by atoms with Crippen molar-refractivity contribution in [2.24, 2.45) is 0 Å². The highest BCUT2D eigenvalue weighted by Gasteiger charge is 2.29. The number of hydrogen-bond acceptors (Lipinski definition) is 2. The highest BCUT2D eigenvalue weighted by molar-refractivity contribution is 8.03. The lowest BCUT2D eigenvalue weighted by atomic mass is 10.1. The van der Waals surface area contributed by atoms with Gasteiger partial charge in [-0.1, -0.05) is 60.8 Å². The molecule has 0 N–H and O–H groups in total. The first kappa shape index (κ1) is 16.6. The lowest BCUT2D eigenvalue weighted by Crippen LogP contribution is -2.32. The lowest BCUT2D eigenvalue weighted by molar-refractivity contribution is 0.0994. The van der Waals surface area contributed by atoms with Crippen LogP contribution in [0.3, 0.4) is 0 Å². The molecule has 2 nitrogen and oxygen atoms in total. The second-order valence-electron chi connectivity index (χ2n) is 5.33. The van der Waals surface area contributed by atoms with Crippen LogP contribution < -0.4 is 4.90 Å². The molecule has 1 amide bonds. The van der Waals surface area contributed by atoms with E-state index in [9.17, 15) is 4.79 Å². The van der Waals surface area contributed by atoms with Crippen LogP contribution in [0.4, 0.5) is 5.69 Å². The van der Waals surface area contributed by atoms with Crippen LogP contribution in [0.1, 0.15) is 15.9 Å². The molecule has 0 saturated carbocycles. The van der Waals surface area contributed by atoms with Crippen molar-refractivity contribution in [2.75, 3.05) is 4.90 Å². The first-order chi connectivity index (χ1) is 11.6. The van der Waals surface area contributed by atoms with Crippen molar-refractivity contribution in [3.63, 3.8) is 0 Å². The first-order valence-electron chi connectivity index (χ1n) is 7.43. The Bertz CT molecular complexity index is 885. The predicted molar refractivity (Wildman–Crippen MR) is 103 cm³/mol. The van der Waals surface area contributed by atoms with Crippen LogP contribution in [0.5, 0.6) is 0 Å². The van der Waals surface area contributed by atoms with Crippen molar-refractivity contribution < 1.29 is 4.79 Å². The maximum atomic E-state index is 13.3. The molecule has 0 atom stereocenters. The summed E-state index contributed by atoms with van der Waals surface area (Å²) in [6.07, 6.45) is 3.43. The maximum absolute atomic E-state index is 13.3. The van der Waals surface area contributed by atoms with Crippen LogP contribution in [-0.4, -0.2) is 5.91 Å². The van der Waals surface area contributed by atoms with E-state index in [1.54, 1.807) is 28.8 Å². The summed E-state index contributed by atoms with van der Waals surface area (Å²) in [4.78, 5) is 16.8. The highest BCUT2D eigenvalue weighted by Crippen LogP contribution is 2.45. The summed E-state index contributed by atoms with van der Waals surface area (Å²) in [5.41, 5.74) is 3.06. The number of thioether (sulfide) groups is 1. The van der Waals surface area contributed by atoms with E-state index < -0.39 is 0 Å². The molecule has 2 aromatic carbocycles. The predicted octanol–water partition coefficient (Wildman–Crippen LogP) is 5.98. The average Bonchev–Trinajstić information content (AvgIpc) is 2.59. The van der Waals surface area contributed by atoms with E-state index in [4.69, 9.17) is 11.6 Å². The Morgan fingerprint density at radius 2 is 1.92 bits per heavy atom. The number of aryl methyl sites for hydroxylation is 1. The topological polar surface area (TPSA) is 20.3 Å². The number of fused-ring (bicyclic) bond motifs is 1. The van der Waals surface area contributed by atoms with Crippen LogP contribution in [0, 0.1) is 6.92 Å². The number of carbonyl (C=O) groups is 1. The van der Waals surface area contributed by atoms with Gasteiger partial charge < -0.3 is 0 Å². The Morgan fingerprint density at radius 3 is 2.58 bits per heavy atom. The third-order valence-electron chi connectivity index (χ3n) is 3.83. The Kier molecular flexibility index (Phi) is 4.65. The van der Waals surface area contributed by atoms with Gasteiger partial charge in [-0.2, -0.15) is 0 Å². The summed E-state index contributed by atoms with van der Waals surface area (Å²) in [5.74, 6) is -0.105. The Balaban J connectivity index is 2.23. The van der Waals surface area contributed by atoms with Crippen LogP contribution in [0.25, 0.3) is 0 Å². The molecule has 0 aromatic heterocycles. The van der Waals surface area contributed by atoms with Crippen molar-refractivity contribution in [1.29, 1.82) is 0 Å². The van der Waals surface area contributed by atoms with Gasteiger partial charge in [-0.25, -0.2) is 0 Å². The molecule has 0 saturated heterocycles. The lowest BCUT2D eigenvalue weighted by Gasteiger charge is -2.32. The molecule has 0 spiro atoms. The zero-order valence-electron chi connectivity index (χ0n) is 13.3. The van der Waals surface area contributed by atoms with Gasteiger partial charge in [0, 0.05) is 20.4 Å². The number of hydrogen-bond donors (Lipinski definition) is 0. The fourth-order valence-electron chi connectivity index (χ4n) is 2.65.